The molecular weight excluding hydrogens is 378 g/mol. The molecule has 1 heterocycles. The van der Waals surface area contributed by atoms with Gasteiger partial charge in [0.2, 0.25) is 0 Å². The van der Waals surface area contributed by atoms with Crippen molar-refractivity contribution in [3.8, 4) is 0 Å². The summed E-state index contributed by atoms with van der Waals surface area (Å²) in [5, 5.41) is 8.57. The van der Waals surface area contributed by atoms with Gasteiger partial charge in [0.15, 0.2) is 0 Å². The first-order valence-corrected chi connectivity index (χ1v) is 10.5. The maximum atomic E-state index is 12.9. The first-order valence-electron chi connectivity index (χ1n) is 10.5. The van der Waals surface area contributed by atoms with Gasteiger partial charge in [-0.2, -0.15) is 0 Å². The van der Waals surface area contributed by atoms with Crippen LogP contribution in [-0.4, -0.2) is 55.6 Å². The van der Waals surface area contributed by atoms with Crippen LogP contribution >= 0.6 is 0 Å². The highest BCUT2D eigenvalue weighted by Crippen LogP contribution is 2.27. The van der Waals surface area contributed by atoms with Gasteiger partial charge >= 0.3 is 6.03 Å². The Morgan fingerprint density at radius 3 is 2.40 bits per heavy atom. The van der Waals surface area contributed by atoms with E-state index < -0.39 is 0 Å². The second-order valence-electron chi connectivity index (χ2n) is 7.73. The minimum Gasteiger partial charge on any atom is -0.367 e. The van der Waals surface area contributed by atoms with Crippen LogP contribution in [0.1, 0.15) is 31.1 Å². The standard InChI is InChI=1S/C23H31N5O2/c1-4-27-12-14-28(15-13-27)21-11-6-5-10-20(21)26-22(29)18-8-7-9-19(16-18)25-23(30)24-17(2)3/h5-11,16-17H,4,12-15H2,1-3H3,(H,26,29)(H2,24,25,30). The zero-order valence-corrected chi connectivity index (χ0v) is 17.9. The summed E-state index contributed by atoms with van der Waals surface area (Å²) in [4.78, 5) is 29.6. The van der Waals surface area contributed by atoms with E-state index in [1.165, 1.54) is 0 Å². The van der Waals surface area contributed by atoms with Crippen LogP contribution in [0.15, 0.2) is 48.5 Å². The van der Waals surface area contributed by atoms with Crippen molar-refractivity contribution in [2.75, 3.05) is 48.3 Å². The quantitative estimate of drug-likeness (QED) is 0.681. The predicted octanol–water partition coefficient (Wildman–Crippen LogP) is 3.61. The fourth-order valence-corrected chi connectivity index (χ4v) is 3.52. The molecule has 0 aromatic heterocycles. The zero-order chi connectivity index (χ0) is 21.5. The SMILES string of the molecule is CCN1CCN(c2ccccc2NC(=O)c2cccc(NC(=O)NC(C)C)c2)CC1. The molecule has 3 N–H and O–H groups in total. The molecular formula is C23H31N5O2. The Labute approximate surface area is 178 Å². The number of rotatable bonds is 6. The van der Waals surface area contributed by atoms with Gasteiger partial charge in [-0.15, -0.1) is 0 Å². The van der Waals surface area contributed by atoms with Crippen molar-refractivity contribution in [3.63, 3.8) is 0 Å². The Kier molecular flexibility index (Phi) is 7.30. The van der Waals surface area contributed by atoms with Crippen molar-refractivity contribution in [2.45, 2.75) is 26.8 Å². The third-order valence-electron chi connectivity index (χ3n) is 5.11. The Morgan fingerprint density at radius 2 is 1.70 bits per heavy atom. The average molecular weight is 410 g/mol. The number of piperazine rings is 1. The second kappa shape index (κ2) is 10.1. The third kappa shape index (κ3) is 5.73. The highest BCUT2D eigenvalue weighted by molar-refractivity contribution is 6.06. The summed E-state index contributed by atoms with van der Waals surface area (Å²) < 4.78 is 0. The molecule has 0 aliphatic carbocycles. The summed E-state index contributed by atoms with van der Waals surface area (Å²) in [6.45, 7) is 10.9. The number of carbonyl (C=O) groups is 2. The lowest BCUT2D eigenvalue weighted by Gasteiger charge is -2.36. The van der Waals surface area contributed by atoms with Gasteiger partial charge in [-0.3, -0.25) is 4.79 Å². The molecule has 2 aromatic rings. The third-order valence-corrected chi connectivity index (χ3v) is 5.11. The van der Waals surface area contributed by atoms with Crippen LogP contribution in [0.4, 0.5) is 21.9 Å². The van der Waals surface area contributed by atoms with Crippen molar-refractivity contribution in [1.82, 2.24) is 10.2 Å². The molecule has 160 valence electrons. The van der Waals surface area contributed by atoms with Gasteiger partial charge in [-0.1, -0.05) is 25.1 Å². The summed E-state index contributed by atoms with van der Waals surface area (Å²) in [6.07, 6.45) is 0. The number of hydrogen-bond donors (Lipinski definition) is 3. The smallest absolute Gasteiger partial charge is 0.319 e. The average Bonchev–Trinajstić information content (AvgIpc) is 2.74. The molecule has 0 spiro atoms. The van der Waals surface area contributed by atoms with Crippen LogP contribution < -0.4 is 20.9 Å². The fourth-order valence-electron chi connectivity index (χ4n) is 3.52. The minimum absolute atomic E-state index is 0.0344. The molecule has 7 heteroatoms. The van der Waals surface area contributed by atoms with E-state index in [2.05, 4.69) is 32.7 Å². The van der Waals surface area contributed by atoms with E-state index in [0.29, 0.717) is 11.3 Å². The molecule has 3 amide bonds. The second-order valence-corrected chi connectivity index (χ2v) is 7.73. The Balaban J connectivity index is 1.69. The zero-order valence-electron chi connectivity index (χ0n) is 17.9. The molecule has 0 unspecified atom stereocenters. The Morgan fingerprint density at radius 1 is 0.967 bits per heavy atom. The summed E-state index contributed by atoms with van der Waals surface area (Å²) >= 11 is 0. The number of hydrogen-bond acceptors (Lipinski definition) is 4. The molecule has 3 rings (SSSR count). The van der Waals surface area contributed by atoms with E-state index >= 15 is 0 Å². The minimum atomic E-state index is -0.292. The number of nitrogens with one attached hydrogen (secondary N) is 3. The molecule has 1 aliphatic heterocycles. The van der Waals surface area contributed by atoms with Gasteiger partial charge in [-0.25, -0.2) is 4.79 Å². The molecule has 0 atom stereocenters. The van der Waals surface area contributed by atoms with Gasteiger partial charge in [0.25, 0.3) is 5.91 Å². The topological polar surface area (TPSA) is 76.7 Å². The van der Waals surface area contributed by atoms with Crippen molar-refractivity contribution in [3.05, 3.63) is 54.1 Å². The summed E-state index contributed by atoms with van der Waals surface area (Å²) in [5.41, 5.74) is 2.89. The van der Waals surface area contributed by atoms with Crippen molar-refractivity contribution in [1.29, 1.82) is 0 Å². The lowest BCUT2D eigenvalue weighted by atomic mass is 10.1. The van der Waals surface area contributed by atoms with Gasteiger partial charge in [0.05, 0.1) is 11.4 Å². The van der Waals surface area contributed by atoms with Crippen LogP contribution in [0.2, 0.25) is 0 Å². The highest BCUT2D eigenvalue weighted by Gasteiger charge is 2.19. The maximum Gasteiger partial charge on any atom is 0.319 e. The number of amides is 3. The number of benzene rings is 2. The number of likely N-dealkylation sites (N-methyl/N-ethyl adjacent to an activating group) is 1. The number of para-hydroxylation sites is 2. The van der Waals surface area contributed by atoms with E-state index in [-0.39, 0.29) is 18.0 Å². The first kappa shape index (κ1) is 21.6. The number of urea groups is 1. The van der Waals surface area contributed by atoms with E-state index in [4.69, 9.17) is 0 Å². The normalized spacial score (nSPS) is 14.5. The first-order chi connectivity index (χ1) is 14.5. The molecule has 0 radical (unpaired) electrons. The molecule has 1 aliphatic rings. The van der Waals surface area contributed by atoms with Crippen LogP contribution in [0.5, 0.6) is 0 Å². The maximum absolute atomic E-state index is 12.9. The summed E-state index contributed by atoms with van der Waals surface area (Å²) in [7, 11) is 0. The van der Waals surface area contributed by atoms with E-state index in [1.54, 1.807) is 24.3 Å². The van der Waals surface area contributed by atoms with Crippen molar-refractivity contribution < 1.29 is 9.59 Å². The van der Waals surface area contributed by atoms with Crippen molar-refractivity contribution >= 4 is 29.0 Å². The number of nitrogens with zero attached hydrogens (tertiary/aromatic N) is 2. The number of carbonyl (C=O) groups excluding carboxylic acids is 2. The number of anilines is 3. The predicted molar refractivity (Wildman–Crippen MR) is 122 cm³/mol. The lowest BCUT2D eigenvalue weighted by Crippen LogP contribution is -2.46. The fraction of sp³-hybridized carbons (Fsp3) is 0.391. The van der Waals surface area contributed by atoms with E-state index in [9.17, 15) is 9.59 Å². The van der Waals surface area contributed by atoms with E-state index in [0.717, 1.165) is 44.1 Å². The van der Waals surface area contributed by atoms with Crippen LogP contribution in [0.3, 0.4) is 0 Å². The Bertz CT molecular complexity index is 875. The molecule has 2 aromatic carbocycles. The van der Waals surface area contributed by atoms with Gasteiger partial charge < -0.3 is 25.8 Å². The molecule has 0 saturated carbocycles. The van der Waals surface area contributed by atoms with Crippen LogP contribution in [-0.2, 0) is 0 Å². The molecule has 30 heavy (non-hydrogen) atoms. The Hall–Kier alpha value is -3.06. The summed E-state index contributed by atoms with van der Waals surface area (Å²) in [6, 6.07) is 14.6. The van der Waals surface area contributed by atoms with E-state index in [1.807, 2.05) is 38.1 Å². The highest BCUT2D eigenvalue weighted by atomic mass is 16.2. The monoisotopic (exact) mass is 409 g/mol. The van der Waals surface area contributed by atoms with Gasteiger partial charge in [0.1, 0.15) is 0 Å². The van der Waals surface area contributed by atoms with Gasteiger partial charge in [0, 0.05) is 43.5 Å². The molecule has 1 fully saturated rings. The van der Waals surface area contributed by atoms with Gasteiger partial charge in [-0.05, 0) is 50.7 Å². The van der Waals surface area contributed by atoms with Crippen LogP contribution in [0.25, 0.3) is 0 Å². The molecule has 0 bridgehead atoms. The molecule has 7 nitrogen and oxygen atoms in total. The lowest BCUT2D eigenvalue weighted by molar-refractivity contribution is 0.102. The largest absolute Gasteiger partial charge is 0.367 e. The summed E-state index contributed by atoms with van der Waals surface area (Å²) in [5.74, 6) is -0.206. The van der Waals surface area contributed by atoms with Crippen molar-refractivity contribution in [2.24, 2.45) is 0 Å². The van der Waals surface area contributed by atoms with Crippen LogP contribution in [0, 0.1) is 0 Å². The molecule has 1 saturated heterocycles.